The SMILES string of the molecule is Cc1cc(C(=O)Nc2cc(/C=C/C(=O)O)ccn2)ccn1. The first kappa shape index (κ1) is 14.4. The zero-order valence-corrected chi connectivity index (χ0v) is 11.3. The highest BCUT2D eigenvalue weighted by Crippen LogP contribution is 2.10. The van der Waals surface area contributed by atoms with Crippen LogP contribution >= 0.6 is 0 Å². The number of anilines is 1. The van der Waals surface area contributed by atoms with Gasteiger partial charge in [-0.2, -0.15) is 0 Å². The molecule has 0 unspecified atom stereocenters. The van der Waals surface area contributed by atoms with Crippen LogP contribution in [0.15, 0.2) is 42.7 Å². The van der Waals surface area contributed by atoms with Crippen LogP contribution < -0.4 is 5.32 Å². The molecule has 2 heterocycles. The molecule has 2 rings (SSSR count). The Balaban J connectivity index is 2.14. The van der Waals surface area contributed by atoms with Gasteiger partial charge in [-0.15, -0.1) is 0 Å². The number of nitrogens with one attached hydrogen (secondary N) is 1. The monoisotopic (exact) mass is 283 g/mol. The van der Waals surface area contributed by atoms with Crippen LogP contribution in [0.3, 0.4) is 0 Å². The minimum atomic E-state index is -1.04. The molecule has 0 radical (unpaired) electrons. The molecule has 21 heavy (non-hydrogen) atoms. The molecule has 2 N–H and O–H groups in total. The van der Waals surface area contributed by atoms with Gasteiger partial charge >= 0.3 is 5.97 Å². The molecule has 106 valence electrons. The lowest BCUT2D eigenvalue weighted by molar-refractivity contribution is -0.131. The van der Waals surface area contributed by atoms with E-state index >= 15 is 0 Å². The molecule has 0 aliphatic carbocycles. The van der Waals surface area contributed by atoms with Gasteiger partial charge in [0.2, 0.25) is 0 Å². The molecule has 0 aliphatic rings. The fourth-order valence-electron chi connectivity index (χ4n) is 1.66. The van der Waals surface area contributed by atoms with Crippen molar-refractivity contribution in [1.82, 2.24) is 9.97 Å². The van der Waals surface area contributed by atoms with Gasteiger partial charge in [0.1, 0.15) is 5.82 Å². The third kappa shape index (κ3) is 4.24. The smallest absolute Gasteiger partial charge is 0.328 e. The second-order valence-electron chi connectivity index (χ2n) is 4.29. The number of amides is 1. The Labute approximate surface area is 121 Å². The normalized spacial score (nSPS) is 10.5. The molecule has 6 nitrogen and oxygen atoms in total. The Morgan fingerprint density at radius 3 is 2.67 bits per heavy atom. The lowest BCUT2D eigenvalue weighted by Crippen LogP contribution is -2.13. The summed E-state index contributed by atoms with van der Waals surface area (Å²) in [4.78, 5) is 30.6. The van der Waals surface area contributed by atoms with Gasteiger partial charge in [-0.05, 0) is 42.8 Å². The van der Waals surface area contributed by atoms with Gasteiger partial charge in [0.05, 0.1) is 0 Å². The van der Waals surface area contributed by atoms with Crippen molar-refractivity contribution in [2.24, 2.45) is 0 Å². The number of aromatic nitrogens is 2. The van der Waals surface area contributed by atoms with Gasteiger partial charge in [-0.25, -0.2) is 9.78 Å². The molecule has 6 heteroatoms. The Morgan fingerprint density at radius 2 is 1.95 bits per heavy atom. The summed E-state index contributed by atoms with van der Waals surface area (Å²) in [6.45, 7) is 1.80. The van der Waals surface area contributed by atoms with Crippen molar-refractivity contribution in [2.45, 2.75) is 6.92 Å². The highest BCUT2D eigenvalue weighted by Gasteiger charge is 2.07. The van der Waals surface area contributed by atoms with Gasteiger partial charge in [-0.1, -0.05) is 0 Å². The molecule has 0 aliphatic heterocycles. The van der Waals surface area contributed by atoms with Crippen molar-refractivity contribution < 1.29 is 14.7 Å². The van der Waals surface area contributed by atoms with E-state index in [1.165, 1.54) is 12.3 Å². The van der Waals surface area contributed by atoms with Crippen molar-refractivity contribution in [3.63, 3.8) is 0 Å². The van der Waals surface area contributed by atoms with Gasteiger partial charge in [0.25, 0.3) is 5.91 Å². The summed E-state index contributed by atoms with van der Waals surface area (Å²) in [6.07, 6.45) is 5.50. The predicted octanol–water partition coefficient (Wildman–Crippen LogP) is 2.14. The van der Waals surface area contributed by atoms with Crippen LogP contribution in [0.1, 0.15) is 21.6 Å². The molecule has 0 fully saturated rings. The Morgan fingerprint density at radius 1 is 1.19 bits per heavy atom. The highest BCUT2D eigenvalue weighted by molar-refractivity contribution is 6.03. The minimum absolute atomic E-state index is 0.299. The van der Waals surface area contributed by atoms with Gasteiger partial charge < -0.3 is 10.4 Å². The van der Waals surface area contributed by atoms with E-state index in [4.69, 9.17) is 5.11 Å². The number of aliphatic carboxylic acids is 1. The number of carbonyl (C=O) groups is 2. The molecule has 1 amide bonds. The first-order valence-electron chi connectivity index (χ1n) is 6.15. The number of rotatable bonds is 4. The molecule has 0 atom stereocenters. The van der Waals surface area contributed by atoms with E-state index in [2.05, 4.69) is 15.3 Å². The minimum Gasteiger partial charge on any atom is -0.478 e. The van der Waals surface area contributed by atoms with Crippen LogP contribution in [0.2, 0.25) is 0 Å². The fourth-order valence-corrected chi connectivity index (χ4v) is 1.66. The third-order valence-electron chi connectivity index (χ3n) is 2.60. The largest absolute Gasteiger partial charge is 0.478 e. The number of aryl methyl sites for hydroxylation is 1. The zero-order chi connectivity index (χ0) is 15.2. The van der Waals surface area contributed by atoms with E-state index in [0.29, 0.717) is 16.9 Å². The average molecular weight is 283 g/mol. The number of pyridine rings is 2. The van der Waals surface area contributed by atoms with Gasteiger partial charge in [-0.3, -0.25) is 9.78 Å². The predicted molar refractivity (Wildman–Crippen MR) is 77.8 cm³/mol. The summed E-state index contributed by atoms with van der Waals surface area (Å²) < 4.78 is 0. The maximum absolute atomic E-state index is 12.1. The van der Waals surface area contributed by atoms with E-state index in [1.54, 1.807) is 37.4 Å². The second kappa shape index (κ2) is 6.42. The summed E-state index contributed by atoms with van der Waals surface area (Å²) in [6, 6.07) is 6.51. The number of hydrogen-bond acceptors (Lipinski definition) is 4. The van der Waals surface area contributed by atoms with Crippen LogP contribution in [-0.2, 0) is 4.79 Å². The molecule has 0 saturated carbocycles. The zero-order valence-electron chi connectivity index (χ0n) is 11.3. The standard InChI is InChI=1S/C15H13N3O3/c1-10-8-12(5-7-16-10)15(21)18-13-9-11(4-6-17-13)2-3-14(19)20/h2-9H,1H3,(H,19,20)(H,17,18,21)/b3-2+. The lowest BCUT2D eigenvalue weighted by Gasteiger charge is -2.05. The quantitative estimate of drug-likeness (QED) is 0.839. The van der Waals surface area contributed by atoms with E-state index in [9.17, 15) is 9.59 Å². The van der Waals surface area contributed by atoms with Crippen LogP contribution in [0, 0.1) is 6.92 Å². The molecule has 2 aromatic rings. The first-order chi connectivity index (χ1) is 10.0. The van der Waals surface area contributed by atoms with Crippen molar-refractivity contribution in [2.75, 3.05) is 5.32 Å². The number of hydrogen-bond donors (Lipinski definition) is 2. The number of nitrogens with zero attached hydrogens (tertiary/aromatic N) is 2. The van der Waals surface area contributed by atoms with E-state index in [-0.39, 0.29) is 5.91 Å². The van der Waals surface area contributed by atoms with Crippen LogP contribution in [0.5, 0.6) is 0 Å². The Bertz CT molecular complexity index is 711. The average Bonchev–Trinajstić information content (AvgIpc) is 2.45. The van der Waals surface area contributed by atoms with Gasteiger partial charge in [0, 0.05) is 29.7 Å². The fraction of sp³-hybridized carbons (Fsp3) is 0.0667. The topological polar surface area (TPSA) is 92.2 Å². The maximum Gasteiger partial charge on any atom is 0.328 e. The summed E-state index contributed by atoms with van der Waals surface area (Å²) in [7, 11) is 0. The summed E-state index contributed by atoms with van der Waals surface area (Å²) in [5.41, 5.74) is 1.86. The molecule has 0 spiro atoms. The van der Waals surface area contributed by atoms with E-state index in [1.807, 2.05) is 0 Å². The maximum atomic E-state index is 12.1. The van der Waals surface area contributed by atoms with Crippen molar-refractivity contribution in [3.8, 4) is 0 Å². The van der Waals surface area contributed by atoms with Crippen LogP contribution in [-0.4, -0.2) is 27.0 Å². The Kier molecular flexibility index (Phi) is 4.40. The number of carbonyl (C=O) groups excluding carboxylic acids is 1. The van der Waals surface area contributed by atoms with Crippen molar-refractivity contribution >= 4 is 23.8 Å². The van der Waals surface area contributed by atoms with Crippen molar-refractivity contribution in [3.05, 3.63) is 59.6 Å². The molecular formula is C15H13N3O3. The molecular weight excluding hydrogens is 270 g/mol. The number of carboxylic acid groups (broad SMARTS) is 1. The second-order valence-corrected chi connectivity index (χ2v) is 4.29. The first-order valence-corrected chi connectivity index (χ1v) is 6.15. The molecule has 0 saturated heterocycles. The summed E-state index contributed by atoms with van der Waals surface area (Å²) >= 11 is 0. The molecule has 0 aromatic carbocycles. The van der Waals surface area contributed by atoms with Crippen LogP contribution in [0.25, 0.3) is 6.08 Å². The van der Waals surface area contributed by atoms with E-state index < -0.39 is 5.97 Å². The third-order valence-corrected chi connectivity index (χ3v) is 2.60. The summed E-state index contributed by atoms with van der Waals surface area (Å²) in [5, 5.41) is 11.2. The Hall–Kier alpha value is -3.02. The van der Waals surface area contributed by atoms with Gasteiger partial charge in [0.15, 0.2) is 0 Å². The summed E-state index contributed by atoms with van der Waals surface area (Å²) in [5.74, 6) is -0.987. The highest BCUT2D eigenvalue weighted by atomic mass is 16.4. The van der Waals surface area contributed by atoms with Crippen molar-refractivity contribution in [1.29, 1.82) is 0 Å². The number of carboxylic acids is 1. The molecule has 2 aromatic heterocycles. The van der Waals surface area contributed by atoms with E-state index in [0.717, 1.165) is 11.8 Å². The lowest BCUT2D eigenvalue weighted by atomic mass is 10.2. The molecule has 0 bridgehead atoms. The van der Waals surface area contributed by atoms with Crippen LogP contribution in [0.4, 0.5) is 5.82 Å².